The Balaban J connectivity index is 2.30. The lowest BCUT2D eigenvalue weighted by molar-refractivity contribution is 0.0970. The summed E-state index contributed by atoms with van der Waals surface area (Å²) in [6, 6.07) is 6.76. The zero-order chi connectivity index (χ0) is 13.3. The Morgan fingerprint density at radius 1 is 1.39 bits per heavy atom. The van der Waals surface area contributed by atoms with Crippen LogP contribution in [0.15, 0.2) is 29.1 Å². The second-order valence-corrected chi connectivity index (χ2v) is 5.63. The standard InChI is InChI=1S/C13H12ClNO2S/c1-8-9(2)18-13(17)15(8)7-12(16)10-4-3-5-11(14)6-10/h3-6H,7H2,1-2H3. The van der Waals surface area contributed by atoms with Crippen molar-refractivity contribution in [2.24, 2.45) is 0 Å². The molecule has 2 rings (SSSR count). The van der Waals surface area contributed by atoms with Gasteiger partial charge in [-0.2, -0.15) is 0 Å². The van der Waals surface area contributed by atoms with E-state index >= 15 is 0 Å². The zero-order valence-electron chi connectivity index (χ0n) is 10.1. The van der Waals surface area contributed by atoms with Crippen LogP contribution in [0.1, 0.15) is 20.9 Å². The van der Waals surface area contributed by atoms with Gasteiger partial charge in [0, 0.05) is 21.2 Å². The SMILES string of the molecule is Cc1sc(=O)n(CC(=O)c2cccc(Cl)c2)c1C. The number of aryl methyl sites for hydroxylation is 1. The van der Waals surface area contributed by atoms with Gasteiger partial charge in [-0.05, 0) is 26.0 Å². The van der Waals surface area contributed by atoms with Crippen LogP contribution in [0.3, 0.4) is 0 Å². The van der Waals surface area contributed by atoms with Crippen molar-refractivity contribution in [1.82, 2.24) is 4.57 Å². The summed E-state index contributed by atoms with van der Waals surface area (Å²) in [6.45, 7) is 3.79. The van der Waals surface area contributed by atoms with Crippen LogP contribution < -0.4 is 4.87 Å². The lowest BCUT2D eigenvalue weighted by Crippen LogP contribution is -2.20. The Morgan fingerprint density at radius 3 is 2.67 bits per heavy atom. The lowest BCUT2D eigenvalue weighted by Gasteiger charge is -2.04. The van der Waals surface area contributed by atoms with Gasteiger partial charge >= 0.3 is 4.87 Å². The number of rotatable bonds is 3. The summed E-state index contributed by atoms with van der Waals surface area (Å²) in [4.78, 5) is 24.6. The van der Waals surface area contributed by atoms with Gasteiger partial charge in [-0.3, -0.25) is 14.2 Å². The molecular formula is C13H12ClNO2S. The third kappa shape index (κ3) is 2.54. The topological polar surface area (TPSA) is 39.1 Å². The number of benzene rings is 1. The minimum atomic E-state index is -0.111. The molecule has 0 N–H and O–H groups in total. The molecule has 0 saturated heterocycles. The van der Waals surface area contributed by atoms with Crippen molar-refractivity contribution in [2.75, 3.05) is 0 Å². The highest BCUT2D eigenvalue weighted by molar-refractivity contribution is 7.09. The molecule has 0 saturated carbocycles. The van der Waals surface area contributed by atoms with E-state index in [1.807, 2.05) is 13.8 Å². The number of hydrogen-bond donors (Lipinski definition) is 0. The number of ketones is 1. The fraction of sp³-hybridized carbons (Fsp3) is 0.231. The first kappa shape index (κ1) is 13.1. The number of halogens is 1. The van der Waals surface area contributed by atoms with Crippen molar-refractivity contribution in [3.05, 3.63) is 55.1 Å². The van der Waals surface area contributed by atoms with Gasteiger partial charge in [-0.25, -0.2) is 0 Å². The summed E-state index contributed by atoms with van der Waals surface area (Å²) >= 11 is 7.01. The lowest BCUT2D eigenvalue weighted by atomic mass is 10.1. The predicted molar refractivity (Wildman–Crippen MR) is 73.8 cm³/mol. The number of carbonyl (C=O) groups is 1. The maximum atomic E-state index is 12.1. The minimum absolute atomic E-state index is 0.0648. The van der Waals surface area contributed by atoms with Crippen LogP contribution >= 0.6 is 22.9 Å². The molecule has 1 aromatic carbocycles. The first-order valence-electron chi connectivity index (χ1n) is 5.44. The number of thiazole rings is 1. The van der Waals surface area contributed by atoms with E-state index in [4.69, 9.17) is 11.6 Å². The van der Waals surface area contributed by atoms with Crippen molar-refractivity contribution >= 4 is 28.7 Å². The Kier molecular flexibility index (Phi) is 3.68. The fourth-order valence-electron chi connectivity index (χ4n) is 1.67. The van der Waals surface area contributed by atoms with Crippen LogP contribution in [0.5, 0.6) is 0 Å². The van der Waals surface area contributed by atoms with Crippen LogP contribution in [0.2, 0.25) is 5.02 Å². The van der Waals surface area contributed by atoms with E-state index in [-0.39, 0.29) is 17.2 Å². The smallest absolute Gasteiger partial charge is 0.295 e. The van der Waals surface area contributed by atoms with Gasteiger partial charge in [0.1, 0.15) is 0 Å². The fourth-order valence-corrected chi connectivity index (χ4v) is 2.69. The van der Waals surface area contributed by atoms with Gasteiger partial charge in [0.05, 0.1) is 6.54 Å². The van der Waals surface area contributed by atoms with E-state index in [0.29, 0.717) is 10.6 Å². The molecule has 0 fully saturated rings. The van der Waals surface area contributed by atoms with Gasteiger partial charge in [-0.1, -0.05) is 35.1 Å². The highest BCUT2D eigenvalue weighted by Gasteiger charge is 2.13. The molecule has 1 heterocycles. The highest BCUT2D eigenvalue weighted by Crippen LogP contribution is 2.14. The monoisotopic (exact) mass is 281 g/mol. The molecule has 5 heteroatoms. The maximum Gasteiger partial charge on any atom is 0.307 e. The van der Waals surface area contributed by atoms with Crippen molar-refractivity contribution in [3.8, 4) is 0 Å². The quantitative estimate of drug-likeness (QED) is 0.811. The van der Waals surface area contributed by atoms with Crippen molar-refractivity contribution in [3.63, 3.8) is 0 Å². The Morgan fingerprint density at radius 2 is 2.11 bits per heavy atom. The molecule has 0 aliphatic rings. The summed E-state index contributed by atoms with van der Waals surface area (Å²) in [6.07, 6.45) is 0. The third-order valence-electron chi connectivity index (χ3n) is 2.82. The highest BCUT2D eigenvalue weighted by atomic mass is 35.5. The summed E-state index contributed by atoms with van der Waals surface area (Å²) in [5, 5.41) is 0.520. The van der Waals surface area contributed by atoms with Crippen molar-refractivity contribution in [1.29, 1.82) is 0 Å². The summed E-state index contributed by atoms with van der Waals surface area (Å²) < 4.78 is 1.50. The average Bonchev–Trinajstić information content (AvgIpc) is 2.56. The second kappa shape index (κ2) is 5.08. The summed E-state index contributed by atoms with van der Waals surface area (Å²) in [7, 11) is 0. The van der Waals surface area contributed by atoms with Gasteiger partial charge in [0.15, 0.2) is 5.78 Å². The summed E-state index contributed by atoms with van der Waals surface area (Å²) in [5.41, 5.74) is 1.37. The van der Waals surface area contributed by atoms with Crippen LogP contribution in [0.25, 0.3) is 0 Å². The van der Waals surface area contributed by atoms with Gasteiger partial charge in [0.2, 0.25) is 0 Å². The van der Waals surface area contributed by atoms with Crippen LogP contribution in [0.4, 0.5) is 0 Å². The van der Waals surface area contributed by atoms with E-state index < -0.39 is 0 Å². The van der Waals surface area contributed by atoms with Gasteiger partial charge in [0.25, 0.3) is 0 Å². The van der Waals surface area contributed by atoms with Gasteiger partial charge in [-0.15, -0.1) is 0 Å². The molecular weight excluding hydrogens is 270 g/mol. The van der Waals surface area contributed by atoms with E-state index in [0.717, 1.165) is 10.6 Å². The molecule has 1 aromatic heterocycles. The Bertz CT molecular complexity index is 657. The average molecular weight is 282 g/mol. The number of hydrogen-bond acceptors (Lipinski definition) is 3. The molecule has 0 radical (unpaired) electrons. The van der Waals surface area contributed by atoms with E-state index in [1.54, 1.807) is 24.3 Å². The van der Waals surface area contributed by atoms with E-state index in [9.17, 15) is 9.59 Å². The minimum Gasteiger partial charge on any atom is -0.295 e. The molecule has 0 unspecified atom stereocenters. The van der Waals surface area contributed by atoms with Crippen LogP contribution in [0, 0.1) is 13.8 Å². The van der Waals surface area contributed by atoms with Crippen molar-refractivity contribution in [2.45, 2.75) is 20.4 Å². The number of nitrogens with zero attached hydrogens (tertiary/aromatic N) is 1. The summed E-state index contributed by atoms with van der Waals surface area (Å²) in [5.74, 6) is -0.111. The maximum absolute atomic E-state index is 12.1. The predicted octanol–water partition coefficient (Wildman–Crippen LogP) is 3.06. The first-order chi connectivity index (χ1) is 8.49. The first-order valence-corrected chi connectivity index (χ1v) is 6.64. The Labute approximate surface area is 114 Å². The number of Topliss-reactive ketones (excluding diaryl/α,β-unsaturated/α-hetero) is 1. The molecule has 0 bridgehead atoms. The molecule has 0 aliphatic carbocycles. The molecule has 18 heavy (non-hydrogen) atoms. The van der Waals surface area contributed by atoms with Crippen LogP contribution in [-0.4, -0.2) is 10.4 Å². The normalized spacial score (nSPS) is 10.6. The largest absolute Gasteiger partial charge is 0.307 e. The third-order valence-corrected chi connectivity index (χ3v) is 4.06. The molecule has 2 aromatic rings. The molecule has 0 spiro atoms. The molecule has 0 aliphatic heterocycles. The zero-order valence-corrected chi connectivity index (χ0v) is 11.6. The van der Waals surface area contributed by atoms with E-state index in [2.05, 4.69) is 0 Å². The number of carbonyl (C=O) groups excluding carboxylic acids is 1. The molecule has 3 nitrogen and oxygen atoms in total. The van der Waals surface area contributed by atoms with Crippen molar-refractivity contribution < 1.29 is 4.79 Å². The number of aromatic nitrogens is 1. The second-order valence-electron chi connectivity index (χ2n) is 4.03. The molecule has 0 amide bonds. The van der Waals surface area contributed by atoms with Gasteiger partial charge < -0.3 is 0 Å². The van der Waals surface area contributed by atoms with E-state index in [1.165, 1.54) is 15.9 Å². The molecule has 0 atom stereocenters. The van der Waals surface area contributed by atoms with Crippen LogP contribution in [-0.2, 0) is 6.54 Å². The molecule has 94 valence electrons. The Hall–Kier alpha value is -1.39.